The van der Waals surface area contributed by atoms with E-state index >= 15 is 0 Å². The zero-order valence-corrected chi connectivity index (χ0v) is 50.8. The van der Waals surface area contributed by atoms with E-state index < -0.39 is 12.1 Å². The van der Waals surface area contributed by atoms with Crippen molar-refractivity contribution in [1.29, 1.82) is 0 Å². The molecule has 0 radical (unpaired) electrons. The molecule has 0 fully saturated rings. The average molecular weight is 1250 g/mol. The molecule has 1 aliphatic heterocycles. The van der Waals surface area contributed by atoms with Gasteiger partial charge in [0.15, 0.2) is 0 Å². The molecular weight excluding hydrogens is 1180 g/mol. The number of fused-ring (bicyclic) bond motifs is 5. The number of para-hydroxylation sites is 4. The Balaban J connectivity index is 0.000000164. The number of imidazole rings is 1. The van der Waals surface area contributed by atoms with Crippen LogP contribution in [0.1, 0.15) is 59.5 Å². The summed E-state index contributed by atoms with van der Waals surface area (Å²) < 4.78 is 12.1. The van der Waals surface area contributed by atoms with E-state index in [1.807, 2.05) is 125 Å². The highest BCUT2D eigenvalue weighted by Crippen LogP contribution is 2.36. The number of nitrogens with zero attached hydrogens (tertiary/aromatic N) is 4. The summed E-state index contributed by atoms with van der Waals surface area (Å²) in [6.07, 6.45) is 5.97. The van der Waals surface area contributed by atoms with Crippen molar-refractivity contribution >= 4 is 113 Å². The summed E-state index contributed by atoms with van der Waals surface area (Å²) in [5.74, 6) is -0.271. The second-order valence-corrected chi connectivity index (χ2v) is 21.8. The van der Waals surface area contributed by atoms with Gasteiger partial charge in [0.2, 0.25) is 11.8 Å². The van der Waals surface area contributed by atoms with Crippen LogP contribution in [0.5, 0.6) is 11.5 Å². The molecule has 1 aliphatic rings. The first kappa shape index (κ1) is 62.0. The van der Waals surface area contributed by atoms with E-state index in [9.17, 15) is 19.2 Å². The molecule has 10 aromatic rings. The van der Waals surface area contributed by atoms with Gasteiger partial charge in [0.05, 0.1) is 68.7 Å². The fourth-order valence-corrected chi connectivity index (χ4v) is 9.75. The van der Waals surface area contributed by atoms with Gasteiger partial charge in [0, 0.05) is 71.4 Å². The number of benzene rings is 7. The van der Waals surface area contributed by atoms with Gasteiger partial charge >= 0.3 is 0 Å². The van der Waals surface area contributed by atoms with Gasteiger partial charge in [-0.25, -0.2) is 4.98 Å². The number of likely N-dealkylation sites (N-methyl/N-ethyl adjacent to an activating group) is 2. The summed E-state index contributed by atoms with van der Waals surface area (Å²) in [5, 5.41) is 17.2. The Morgan fingerprint density at radius 1 is 0.588 bits per heavy atom. The number of amides is 4. The summed E-state index contributed by atoms with van der Waals surface area (Å²) in [7, 11) is 3.09. The zero-order chi connectivity index (χ0) is 60.4. The topological polar surface area (TPSA) is 205 Å². The predicted octanol–water partition coefficient (Wildman–Crippen LogP) is 13.1. The van der Waals surface area contributed by atoms with Crippen LogP contribution in [0.15, 0.2) is 193 Å². The predicted molar refractivity (Wildman–Crippen MR) is 343 cm³/mol. The molecule has 19 heteroatoms. The molecule has 85 heavy (non-hydrogen) atoms. The van der Waals surface area contributed by atoms with Crippen molar-refractivity contribution in [3.63, 3.8) is 0 Å². The fourth-order valence-electron chi connectivity index (χ4n) is 9.03. The lowest BCUT2D eigenvalue weighted by Gasteiger charge is -2.20. The number of carbonyl (C=O) groups is 4. The summed E-state index contributed by atoms with van der Waals surface area (Å²) in [4.78, 5) is 68.2. The fraction of sp³-hybridized carbons (Fsp3) is 0.197. The second kappa shape index (κ2) is 30.0. The zero-order valence-electron chi connectivity index (χ0n) is 47.7. The molecule has 2 atom stereocenters. The third-order valence-corrected chi connectivity index (χ3v) is 14.3. The Labute approximate surface area is 512 Å². The average Bonchev–Trinajstić information content (AvgIpc) is 4.32. The minimum absolute atomic E-state index is 0.0225. The molecule has 436 valence electrons. The van der Waals surface area contributed by atoms with Gasteiger partial charge in [0.25, 0.3) is 11.8 Å². The SMILES string of the molecule is CNC(=O)C(Cc1ccc(Br)cc1)NC(=O)c1ccc(OC(C)C)c(Cl)c1.CNC(=O)C(Cc1ccc(N2CNc3ccccc32)cc1)NC(=O)c1ccc(OC(C)C)c(Cl)c1.c1ccc2[nH]cnc2c1.c1cnc2c(c1)ccc1cccnc12. The van der Waals surface area contributed by atoms with Crippen LogP contribution >= 0.6 is 39.1 Å². The Morgan fingerprint density at radius 2 is 1.08 bits per heavy atom. The molecule has 6 N–H and O–H groups in total. The van der Waals surface area contributed by atoms with Crippen molar-refractivity contribution in [2.45, 2.75) is 64.8 Å². The maximum absolute atomic E-state index is 12.9. The minimum atomic E-state index is -0.738. The Morgan fingerprint density at radius 3 is 1.58 bits per heavy atom. The molecule has 2 unspecified atom stereocenters. The lowest BCUT2D eigenvalue weighted by molar-refractivity contribution is -0.123. The summed E-state index contributed by atoms with van der Waals surface area (Å²) in [5.41, 5.74) is 9.93. The molecule has 0 aliphatic carbocycles. The Kier molecular flexibility index (Phi) is 21.9. The normalized spacial score (nSPS) is 12.0. The highest BCUT2D eigenvalue weighted by atomic mass is 79.9. The van der Waals surface area contributed by atoms with E-state index in [-0.39, 0.29) is 35.8 Å². The van der Waals surface area contributed by atoms with E-state index in [4.69, 9.17) is 32.7 Å². The molecule has 11 rings (SSSR count). The first-order chi connectivity index (χ1) is 41.1. The number of hydrogen-bond acceptors (Lipinski definition) is 11. The third-order valence-electron chi connectivity index (χ3n) is 13.2. The van der Waals surface area contributed by atoms with E-state index in [0.29, 0.717) is 52.2 Å². The van der Waals surface area contributed by atoms with Gasteiger partial charge < -0.3 is 45.9 Å². The maximum Gasteiger partial charge on any atom is 0.251 e. The summed E-state index contributed by atoms with van der Waals surface area (Å²) in [6.45, 7) is 8.29. The van der Waals surface area contributed by atoms with Gasteiger partial charge in [-0.3, -0.25) is 29.1 Å². The van der Waals surface area contributed by atoms with Gasteiger partial charge in [-0.15, -0.1) is 0 Å². The molecular formula is C66H65BrCl2N10O6. The van der Waals surface area contributed by atoms with Crippen LogP contribution < -0.4 is 41.0 Å². The van der Waals surface area contributed by atoms with Gasteiger partial charge in [0.1, 0.15) is 23.6 Å². The van der Waals surface area contributed by atoms with E-state index in [1.54, 1.807) is 56.1 Å². The number of halogens is 3. The van der Waals surface area contributed by atoms with Crippen molar-refractivity contribution in [3.05, 3.63) is 225 Å². The van der Waals surface area contributed by atoms with Crippen molar-refractivity contribution in [1.82, 2.24) is 41.2 Å². The van der Waals surface area contributed by atoms with E-state index in [0.717, 1.165) is 65.5 Å². The van der Waals surface area contributed by atoms with Crippen LogP contribution in [0.25, 0.3) is 32.8 Å². The van der Waals surface area contributed by atoms with Crippen molar-refractivity contribution in [2.24, 2.45) is 0 Å². The van der Waals surface area contributed by atoms with E-state index in [2.05, 4.69) is 104 Å². The third kappa shape index (κ3) is 17.1. The number of pyridine rings is 2. The number of nitrogens with one attached hydrogen (secondary N) is 6. The molecule has 0 saturated heterocycles. The van der Waals surface area contributed by atoms with E-state index in [1.165, 1.54) is 13.1 Å². The number of aromatic amines is 1. The van der Waals surface area contributed by atoms with Crippen LogP contribution in [-0.2, 0) is 22.4 Å². The molecule has 0 bridgehead atoms. The van der Waals surface area contributed by atoms with Crippen LogP contribution in [0.4, 0.5) is 17.1 Å². The minimum Gasteiger partial charge on any atom is -0.489 e. The monoisotopic (exact) mass is 1240 g/mol. The number of ether oxygens (including phenoxy) is 2. The number of carbonyl (C=O) groups excluding carboxylic acids is 4. The molecule has 4 heterocycles. The number of hydrogen-bond donors (Lipinski definition) is 6. The van der Waals surface area contributed by atoms with Gasteiger partial charge in [-0.2, -0.15) is 0 Å². The number of anilines is 3. The maximum atomic E-state index is 12.9. The molecule has 4 amide bonds. The smallest absolute Gasteiger partial charge is 0.251 e. The molecule has 0 spiro atoms. The first-order valence-corrected chi connectivity index (χ1v) is 29.0. The first-order valence-electron chi connectivity index (χ1n) is 27.4. The van der Waals surface area contributed by atoms with Crippen molar-refractivity contribution in [2.75, 3.05) is 31.0 Å². The summed E-state index contributed by atoms with van der Waals surface area (Å²) >= 11 is 15.9. The van der Waals surface area contributed by atoms with Gasteiger partial charge in [-0.1, -0.05) is 112 Å². The Bertz CT molecular complexity index is 3820. The van der Waals surface area contributed by atoms with Crippen molar-refractivity contribution < 1.29 is 28.7 Å². The standard InChI is InChI=1S/C27H29ClN4O3.C20H22BrClN2O3.C12H8N2.C7H6N2/c1-17(2)35-25-13-10-19(15-21(25)28)26(33)31-23(27(34)29-3)14-18-8-11-20(12-9-18)32-16-30-22-6-4-5-7-24(22)32;1-12(2)27-18-9-6-14(11-16(18)22)19(25)24-17(20(26)23-3)10-13-4-7-15(21)8-5-13;1-3-9-5-6-10-4-2-8-14-12(10)11(9)13-7-1;1-2-4-7-6(3-1)8-5-9-7/h4-13,15,17,23,30H,14,16H2,1-3H3,(H,29,34)(H,31,33);4-9,11-12,17H,10H2,1-3H3,(H,23,26)(H,24,25);1-8H;1-5H,(H,8,9). The highest BCUT2D eigenvalue weighted by molar-refractivity contribution is 9.10. The second-order valence-electron chi connectivity index (χ2n) is 20.0. The number of aromatic nitrogens is 4. The largest absolute Gasteiger partial charge is 0.489 e. The number of rotatable bonds is 15. The lowest BCUT2D eigenvalue weighted by atomic mass is 10.0. The quantitative estimate of drug-likeness (QED) is 0.0533. The van der Waals surface area contributed by atoms with Crippen molar-refractivity contribution in [3.8, 4) is 11.5 Å². The lowest BCUT2D eigenvalue weighted by Crippen LogP contribution is -2.47. The van der Waals surface area contributed by atoms with Crippen LogP contribution in [0, 0.1) is 0 Å². The summed E-state index contributed by atoms with van der Waals surface area (Å²) in [6, 6.07) is 52.1. The Hall–Kier alpha value is -9.03. The van der Waals surface area contributed by atoms with Crippen LogP contribution in [0.3, 0.4) is 0 Å². The molecule has 7 aromatic carbocycles. The van der Waals surface area contributed by atoms with Crippen LogP contribution in [0.2, 0.25) is 10.0 Å². The molecule has 0 saturated carbocycles. The highest BCUT2D eigenvalue weighted by Gasteiger charge is 2.25. The molecule has 3 aromatic heterocycles. The van der Waals surface area contributed by atoms with Gasteiger partial charge in [-0.05, 0) is 136 Å². The van der Waals surface area contributed by atoms with Crippen LogP contribution in [-0.4, -0.2) is 88.6 Å². The molecule has 16 nitrogen and oxygen atoms in total. The number of H-pyrrole nitrogens is 1.